The number of methoxy groups -OCH3 is 1. The lowest BCUT2D eigenvalue weighted by Crippen LogP contribution is -2.50. The first-order chi connectivity index (χ1) is 12.9. The number of ether oxygens (including phenoxy) is 3. The number of carbonyl (C=O) groups excluding carboxylic acids is 2. The van der Waals surface area contributed by atoms with Crippen molar-refractivity contribution in [2.45, 2.75) is 26.1 Å². The second-order valence-electron chi connectivity index (χ2n) is 5.63. The van der Waals surface area contributed by atoms with Crippen molar-refractivity contribution >= 4 is 11.8 Å². The Morgan fingerprint density at radius 1 is 0.778 bits per heavy atom. The van der Waals surface area contributed by atoms with Gasteiger partial charge < -0.3 is 14.2 Å². The Hall–Kier alpha value is -3.29. The molecule has 27 heavy (non-hydrogen) atoms. The third kappa shape index (κ3) is 6.18. The predicted octanol–water partition coefficient (Wildman–Crippen LogP) is 2.22. The Bertz CT molecular complexity index is 765. The highest BCUT2D eigenvalue weighted by molar-refractivity contribution is 5.86. The molecule has 2 amide bonds. The molecule has 0 spiro atoms. The Kier molecular flexibility index (Phi) is 6.99. The maximum absolute atomic E-state index is 12.9. The average Bonchev–Trinajstić information content (AvgIpc) is 2.68. The van der Waals surface area contributed by atoms with Crippen molar-refractivity contribution in [1.29, 1.82) is 0 Å². The summed E-state index contributed by atoms with van der Waals surface area (Å²) in [7, 11) is 1.55. The molecule has 0 bridgehead atoms. The zero-order chi connectivity index (χ0) is 19.8. The van der Waals surface area contributed by atoms with Crippen LogP contribution in [0.5, 0.6) is 17.2 Å². The van der Waals surface area contributed by atoms with Crippen LogP contribution in [-0.2, 0) is 9.59 Å². The molecule has 7 nitrogen and oxygen atoms in total. The van der Waals surface area contributed by atoms with Crippen molar-refractivity contribution in [2.75, 3.05) is 7.11 Å². The fourth-order valence-corrected chi connectivity index (χ4v) is 2.01. The van der Waals surface area contributed by atoms with Crippen molar-refractivity contribution in [3.8, 4) is 17.2 Å². The van der Waals surface area contributed by atoms with Gasteiger partial charge in [-0.3, -0.25) is 20.4 Å². The molecule has 2 rings (SSSR count). The van der Waals surface area contributed by atoms with E-state index in [0.29, 0.717) is 17.2 Å². The molecule has 2 aromatic rings. The van der Waals surface area contributed by atoms with Gasteiger partial charge in [0.2, 0.25) is 0 Å². The lowest BCUT2D eigenvalue weighted by molar-refractivity contribution is -0.135. The summed E-state index contributed by atoms with van der Waals surface area (Å²) in [5, 5.41) is 0. The van der Waals surface area contributed by atoms with Crippen molar-refractivity contribution in [1.82, 2.24) is 10.9 Å². The number of hydrogen-bond acceptors (Lipinski definition) is 5. The second kappa shape index (κ2) is 9.42. The lowest BCUT2D eigenvalue weighted by atomic mass is 10.3. The zero-order valence-electron chi connectivity index (χ0n) is 15.2. The number of rotatable bonds is 7. The Balaban J connectivity index is 1.78. The number of hydrogen-bond donors (Lipinski definition) is 2. The van der Waals surface area contributed by atoms with Crippen LogP contribution in [0, 0.1) is 5.82 Å². The van der Waals surface area contributed by atoms with E-state index in [0.717, 1.165) is 0 Å². The van der Waals surface area contributed by atoms with Crippen LogP contribution in [-0.4, -0.2) is 31.1 Å². The standard InChI is InChI=1S/C19H21FN2O5/c1-12(26-16-6-4-14(20)5-7-16)18(23)21-22-19(24)13(2)27-17-10-8-15(25-3)9-11-17/h4-13H,1-3H3,(H,21,23)(H,22,24). The zero-order valence-corrected chi connectivity index (χ0v) is 15.2. The maximum Gasteiger partial charge on any atom is 0.279 e. The molecule has 2 unspecified atom stereocenters. The third-order valence-corrected chi connectivity index (χ3v) is 3.55. The highest BCUT2D eigenvalue weighted by atomic mass is 19.1. The molecule has 8 heteroatoms. The van der Waals surface area contributed by atoms with Crippen LogP contribution in [0.3, 0.4) is 0 Å². The number of halogens is 1. The van der Waals surface area contributed by atoms with Gasteiger partial charge in [0.1, 0.15) is 23.1 Å². The molecule has 0 saturated carbocycles. The van der Waals surface area contributed by atoms with Gasteiger partial charge in [-0.2, -0.15) is 0 Å². The minimum absolute atomic E-state index is 0.335. The topological polar surface area (TPSA) is 85.9 Å². The molecule has 2 atom stereocenters. The Labute approximate surface area is 156 Å². The summed E-state index contributed by atoms with van der Waals surface area (Å²) in [4.78, 5) is 24.0. The number of amides is 2. The molecular formula is C19H21FN2O5. The fraction of sp³-hybridized carbons (Fsp3) is 0.263. The summed E-state index contributed by atoms with van der Waals surface area (Å²) in [5.41, 5.74) is 4.53. The van der Waals surface area contributed by atoms with E-state index in [1.165, 1.54) is 31.2 Å². The van der Waals surface area contributed by atoms with E-state index >= 15 is 0 Å². The van der Waals surface area contributed by atoms with Crippen LogP contribution in [0.4, 0.5) is 4.39 Å². The summed E-state index contributed by atoms with van der Waals surface area (Å²) in [5.74, 6) is -0.0173. The monoisotopic (exact) mass is 376 g/mol. The molecule has 144 valence electrons. The van der Waals surface area contributed by atoms with Crippen LogP contribution in [0.25, 0.3) is 0 Å². The van der Waals surface area contributed by atoms with Crippen molar-refractivity contribution in [3.63, 3.8) is 0 Å². The average molecular weight is 376 g/mol. The summed E-state index contributed by atoms with van der Waals surface area (Å²) >= 11 is 0. The molecule has 0 fully saturated rings. The van der Waals surface area contributed by atoms with Crippen molar-refractivity contribution in [2.24, 2.45) is 0 Å². The van der Waals surface area contributed by atoms with E-state index in [2.05, 4.69) is 10.9 Å². The van der Waals surface area contributed by atoms with Gasteiger partial charge in [0.05, 0.1) is 7.11 Å². The minimum Gasteiger partial charge on any atom is -0.497 e. The molecule has 0 heterocycles. The number of carbonyl (C=O) groups is 2. The van der Waals surface area contributed by atoms with Gasteiger partial charge >= 0.3 is 0 Å². The molecule has 0 radical (unpaired) electrons. The van der Waals surface area contributed by atoms with Crippen LogP contribution in [0.1, 0.15) is 13.8 Å². The van der Waals surface area contributed by atoms with Crippen molar-refractivity contribution in [3.05, 3.63) is 54.3 Å². The highest BCUT2D eigenvalue weighted by Crippen LogP contribution is 2.18. The van der Waals surface area contributed by atoms with Gasteiger partial charge in [-0.15, -0.1) is 0 Å². The van der Waals surface area contributed by atoms with Crippen molar-refractivity contribution < 1.29 is 28.2 Å². The summed E-state index contributed by atoms with van der Waals surface area (Å²) in [6.45, 7) is 3.05. The van der Waals surface area contributed by atoms with E-state index in [9.17, 15) is 14.0 Å². The quantitative estimate of drug-likeness (QED) is 0.724. The molecule has 0 aliphatic heterocycles. The molecule has 0 aliphatic rings. The minimum atomic E-state index is -0.895. The molecule has 0 saturated heterocycles. The highest BCUT2D eigenvalue weighted by Gasteiger charge is 2.19. The van der Waals surface area contributed by atoms with Gasteiger partial charge in [-0.1, -0.05) is 0 Å². The normalized spacial score (nSPS) is 12.4. The Morgan fingerprint density at radius 2 is 1.15 bits per heavy atom. The molecular weight excluding hydrogens is 355 g/mol. The Morgan fingerprint density at radius 3 is 1.56 bits per heavy atom. The van der Waals surface area contributed by atoms with Crippen LogP contribution in [0.2, 0.25) is 0 Å². The first kappa shape index (κ1) is 20.0. The van der Waals surface area contributed by atoms with E-state index in [-0.39, 0.29) is 0 Å². The number of benzene rings is 2. The SMILES string of the molecule is COc1ccc(OC(C)C(=O)NNC(=O)C(C)Oc2ccc(F)cc2)cc1. The first-order valence-electron chi connectivity index (χ1n) is 8.21. The van der Waals surface area contributed by atoms with E-state index in [1.807, 2.05) is 0 Å². The van der Waals surface area contributed by atoms with E-state index in [4.69, 9.17) is 14.2 Å². The largest absolute Gasteiger partial charge is 0.497 e. The van der Waals surface area contributed by atoms with Gasteiger partial charge in [0.25, 0.3) is 11.8 Å². The smallest absolute Gasteiger partial charge is 0.279 e. The summed E-state index contributed by atoms with van der Waals surface area (Å²) in [6, 6.07) is 12.0. The summed E-state index contributed by atoms with van der Waals surface area (Å²) < 4.78 is 28.8. The molecule has 2 aromatic carbocycles. The molecule has 0 aliphatic carbocycles. The number of nitrogens with one attached hydrogen (secondary N) is 2. The number of hydrazine groups is 1. The fourth-order valence-electron chi connectivity index (χ4n) is 2.01. The third-order valence-electron chi connectivity index (χ3n) is 3.55. The maximum atomic E-state index is 12.9. The van der Waals surface area contributed by atoms with E-state index in [1.54, 1.807) is 38.3 Å². The first-order valence-corrected chi connectivity index (χ1v) is 8.21. The molecule has 0 aromatic heterocycles. The van der Waals surface area contributed by atoms with E-state index < -0.39 is 29.8 Å². The molecule has 2 N–H and O–H groups in total. The van der Waals surface area contributed by atoms with Gasteiger partial charge in [0.15, 0.2) is 12.2 Å². The lowest BCUT2D eigenvalue weighted by Gasteiger charge is -2.17. The second-order valence-corrected chi connectivity index (χ2v) is 5.63. The van der Waals surface area contributed by atoms with Gasteiger partial charge in [-0.25, -0.2) is 4.39 Å². The van der Waals surface area contributed by atoms with Crippen LogP contribution in [0.15, 0.2) is 48.5 Å². The van der Waals surface area contributed by atoms with Gasteiger partial charge in [0, 0.05) is 0 Å². The van der Waals surface area contributed by atoms with Gasteiger partial charge in [-0.05, 0) is 62.4 Å². The summed E-state index contributed by atoms with van der Waals surface area (Å²) in [6.07, 6.45) is -1.74. The van der Waals surface area contributed by atoms with Crippen LogP contribution >= 0.6 is 0 Å². The van der Waals surface area contributed by atoms with Crippen LogP contribution < -0.4 is 25.1 Å². The predicted molar refractivity (Wildman–Crippen MR) is 95.9 cm³/mol.